The van der Waals surface area contributed by atoms with Gasteiger partial charge < -0.3 is 9.64 Å². The Hall–Kier alpha value is -1.26. The predicted octanol–water partition coefficient (Wildman–Crippen LogP) is 3.21. The van der Waals surface area contributed by atoms with Crippen molar-refractivity contribution in [1.29, 1.82) is 0 Å². The SMILES string of the molecule is Cc1ccc(C(=O)CCN(C)CC2CCCCO2)cc1F. The number of halogens is 1. The highest BCUT2D eigenvalue weighted by molar-refractivity contribution is 5.96. The van der Waals surface area contributed by atoms with Gasteiger partial charge in [-0.3, -0.25) is 4.79 Å². The lowest BCUT2D eigenvalue weighted by molar-refractivity contribution is -0.00144. The Bertz CT molecular complexity index is 484. The molecule has 1 aromatic rings. The average molecular weight is 293 g/mol. The van der Waals surface area contributed by atoms with Crippen LogP contribution >= 0.6 is 0 Å². The van der Waals surface area contributed by atoms with Crippen molar-refractivity contribution in [3.05, 3.63) is 35.1 Å². The molecule has 0 bridgehead atoms. The lowest BCUT2D eigenvalue weighted by Crippen LogP contribution is -2.34. The van der Waals surface area contributed by atoms with Gasteiger partial charge in [-0.2, -0.15) is 0 Å². The Labute approximate surface area is 126 Å². The fraction of sp³-hybridized carbons (Fsp3) is 0.588. The van der Waals surface area contributed by atoms with Crippen LogP contribution in [0.25, 0.3) is 0 Å². The smallest absolute Gasteiger partial charge is 0.164 e. The molecule has 1 atom stereocenters. The van der Waals surface area contributed by atoms with Crippen LogP contribution in [0.15, 0.2) is 18.2 Å². The van der Waals surface area contributed by atoms with Gasteiger partial charge in [0.15, 0.2) is 5.78 Å². The quantitative estimate of drug-likeness (QED) is 0.754. The van der Waals surface area contributed by atoms with Crippen LogP contribution in [-0.2, 0) is 4.74 Å². The van der Waals surface area contributed by atoms with Gasteiger partial charge in [0.05, 0.1) is 6.10 Å². The first-order valence-corrected chi connectivity index (χ1v) is 7.66. The summed E-state index contributed by atoms with van der Waals surface area (Å²) < 4.78 is 19.2. The molecule has 1 heterocycles. The van der Waals surface area contributed by atoms with Crippen LogP contribution < -0.4 is 0 Å². The average Bonchev–Trinajstić information content (AvgIpc) is 2.48. The van der Waals surface area contributed by atoms with Crippen LogP contribution in [0.1, 0.15) is 41.6 Å². The Morgan fingerprint density at radius 2 is 2.24 bits per heavy atom. The molecule has 0 spiro atoms. The summed E-state index contributed by atoms with van der Waals surface area (Å²) in [6.07, 6.45) is 4.17. The number of benzene rings is 1. The van der Waals surface area contributed by atoms with E-state index >= 15 is 0 Å². The minimum absolute atomic E-state index is 0.00897. The van der Waals surface area contributed by atoms with E-state index in [1.54, 1.807) is 19.1 Å². The second-order valence-electron chi connectivity index (χ2n) is 5.89. The van der Waals surface area contributed by atoms with Crippen LogP contribution in [0.4, 0.5) is 4.39 Å². The molecule has 4 heteroatoms. The number of ether oxygens (including phenoxy) is 1. The zero-order valence-electron chi connectivity index (χ0n) is 12.9. The lowest BCUT2D eigenvalue weighted by atomic mass is 10.1. The van der Waals surface area contributed by atoms with Crippen molar-refractivity contribution in [2.24, 2.45) is 0 Å². The number of hydrogen-bond donors (Lipinski definition) is 0. The zero-order valence-corrected chi connectivity index (χ0v) is 12.9. The summed E-state index contributed by atoms with van der Waals surface area (Å²) >= 11 is 0. The molecule has 0 amide bonds. The molecule has 0 aliphatic carbocycles. The number of Topliss-reactive ketones (excluding diaryl/α,β-unsaturated/α-hetero) is 1. The first-order valence-electron chi connectivity index (χ1n) is 7.66. The number of hydrogen-bond acceptors (Lipinski definition) is 3. The fourth-order valence-corrected chi connectivity index (χ4v) is 2.59. The van der Waals surface area contributed by atoms with Crippen LogP contribution in [0.2, 0.25) is 0 Å². The molecule has 1 aliphatic rings. The number of nitrogens with zero attached hydrogens (tertiary/aromatic N) is 1. The number of rotatable bonds is 6. The number of carbonyl (C=O) groups excluding carboxylic acids is 1. The topological polar surface area (TPSA) is 29.5 Å². The van der Waals surface area contributed by atoms with Crippen molar-refractivity contribution in [1.82, 2.24) is 4.90 Å². The van der Waals surface area contributed by atoms with E-state index in [1.165, 1.54) is 12.5 Å². The second kappa shape index (κ2) is 7.66. The van der Waals surface area contributed by atoms with Gasteiger partial charge in [-0.05, 0) is 44.9 Å². The van der Waals surface area contributed by atoms with Gasteiger partial charge in [0, 0.05) is 31.7 Å². The van der Waals surface area contributed by atoms with Gasteiger partial charge in [-0.1, -0.05) is 12.1 Å². The van der Waals surface area contributed by atoms with Crippen LogP contribution in [0, 0.1) is 12.7 Å². The Kier molecular flexibility index (Phi) is 5.88. The van der Waals surface area contributed by atoms with Crippen molar-refractivity contribution in [3.8, 4) is 0 Å². The zero-order chi connectivity index (χ0) is 15.2. The Balaban J connectivity index is 1.78. The van der Waals surface area contributed by atoms with Gasteiger partial charge in [0.2, 0.25) is 0 Å². The minimum Gasteiger partial charge on any atom is -0.377 e. The molecule has 1 aromatic carbocycles. The maximum Gasteiger partial charge on any atom is 0.164 e. The van der Waals surface area contributed by atoms with Crippen molar-refractivity contribution >= 4 is 5.78 Å². The molecular weight excluding hydrogens is 269 g/mol. The maximum absolute atomic E-state index is 13.5. The Morgan fingerprint density at radius 1 is 1.43 bits per heavy atom. The van der Waals surface area contributed by atoms with Crippen molar-refractivity contribution in [3.63, 3.8) is 0 Å². The molecule has 116 valence electrons. The fourth-order valence-electron chi connectivity index (χ4n) is 2.59. The third-order valence-electron chi connectivity index (χ3n) is 4.00. The van der Waals surface area contributed by atoms with E-state index in [4.69, 9.17) is 4.74 Å². The second-order valence-corrected chi connectivity index (χ2v) is 5.89. The molecule has 0 N–H and O–H groups in total. The molecule has 2 rings (SSSR count). The summed E-state index contributed by atoms with van der Waals surface area (Å²) in [5.74, 6) is -0.324. The minimum atomic E-state index is -0.315. The lowest BCUT2D eigenvalue weighted by Gasteiger charge is -2.27. The standard InChI is InChI=1S/C17H24FNO2/c1-13-6-7-14(11-16(13)18)17(20)8-9-19(2)12-15-5-3-4-10-21-15/h6-7,11,15H,3-5,8-10,12H2,1-2H3. The predicted molar refractivity (Wildman–Crippen MR) is 81.2 cm³/mol. The van der Waals surface area contributed by atoms with Gasteiger partial charge in [-0.25, -0.2) is 4.39 Å². The number of ketones is 1. The number of likely N-dealkylation sites (N-methyl/N-ethyl adjacent to an activating group) is 1. The molecule has 3 nitrogen and oxygen atoms in total. The number of aryl methyl sites for hydroxylation is 1. The summed E-state index contributed by atoms with van der Waals surface area (Å²) in [5, 5.41) is 0. The summed E-state index contributed by atoms with van der Waals surface area (Å²) in [6.45, 7) is 4.07. The van der Waals surface area contributed by atoms with Crippen LogP contribution in [-0.4, -0.2) is 43.5 Å². The first-order chi connectivity index (χ1) is 10.1. The van der Waals surface area contributed by atoms with Gasteiger partial charge in [0.1, 0.15) is 5.82 Å². The molecular formula is C17H24FNO2. The van der Waals surface area contributed by atoms with E-state index in [-0.39, 0.29) is 17.7 Å². The normalized spacial score (nSPS) is 19.0. The molecule has 0 radical (unpaired) electrons. The van der Waals surface area contributed by atoms with E-state index in [2.05, 4.69) is 4.90 Å². The molecule has 1 unspecified atom stereocenters. The monoisotopic (exact) mass is 293 g/mol. The van der Waals surface area contributed by atoms with Crippen LogP contribution in [0.5, 0.6) is 0 Å². The Morgan fingerprint density at radius 3 is 2.90 bits per heavy atom. The third-order valence-corrected chi connectivity index (χ3v) is 4.00. The highest BCUT2D eigenvalue weighted by Crippen LogP contribution is 2.14. The van der Waals surface area contributed by atoms with E-state index in [9.17, 15) is 9.18 Å². The van der Waals surface area contributed by atoms with Gasteiger partial charge in [-0.15, -0.1) is 0 Å². The highest BCUT2D eigenvalue weighted by Gasteiger charge is 2.16. The first kappa shape index (κ1) is 16.1. The summed E-state index contributed by atoms with van der Waals surface area (Å²) in [7, 11) is 2.00. The van der Waals surface area contributed by atoms with Crippen molar-refractivity contribution in [2.75, 3.05) is 26.7 Å². The van der Waals surface area contributed by atoms with Gasteiger partial charge >= 0.3 is 0 Å². The summed E-state index contributed by atoms with van der Waals surface area (Å²) in [4.78, 5) is 14.2. The third kappa shape index (κ3) is 4.90. The van der Waals surface area contributed by atoms with E-state index in [0.29, 0.717) is 24.1 Å². The van der Waals surface area contributed by atoms with E-state index in [0.717, 1.165) is 26.0 Å². The van der Waals surface area contributed by atoms with Crippen molar-refractivity contribution in [2.45, 2.75) is 38.7 Å². The molecule has 0 aromatic heterocycles. The summed E-state index contributed by atoms with van der Waals surface area (Å²) in [5.41, 5.74) is 1.03. The maximum atomic E-state index is 13.5. The molecule has 1 fully saturated rings. The molecule has 1 aliphatic heterocycles. The highest BCUT2D eigenvalue weighted by atomic mass is 19.1. The van der Waals surface area contributed by atoms with Gasteiger partial charge in [0.25, 0.3) is 0 Å². The van der Waals surface area contributed by atoms with Crippen LogP contribution in [0.3, 0.4) is 0 Å². The van der Waals surface area contributed by atoms with E-state index in [1.807, 2.05) is 7.05 Å². The van der Waals surface area contributed by atoms with Crippen molar-refractivity contribution < 1.29 is 13.9 Å². The summed E-state index contributed by atoms with van der Waals surface area (Å²) in [6, 6.07) is 4.69. The van der Waals surface area contributed by atoms with E-state index < -0.39 is 0 Å². The molecule has 21 heavy (non-hydrogen) atoms. The number of carbonyl (C=O) groups is 1. The molecule has 1 saturated heterocycles. The largest absolute Gasteiger partial charge is 0.377 e. The molecule has 0 saturated carbocycles.